The summed E-state index contributed by atoms with van der Waals surface area (Å²) < 4.78 is 0. The number of amides is 3. The van der Waals surface area contributed by atoms with E-state index < -0.39 is 17.4 Å². The molecule has 6 nitrogen and oxygen atoms in total. The molecule has 0 aromatic heterocycles. The van der Waals surface area contributed by atoms with Gasteiger partial charge in [0.1, 0.15) is 5.54 Å². The molecule has 2 N–H and O–H groups in total. The van der Waals surface area contributed by atoms with E-state index in [1.54, 1.807) is 0 Å². The maximum Gasteiger partial charge on any atom is 0.250 e. The molecule has 6 heteroatoms. The van der Waals surface area contributed by atoms with Crippen LogP contribution in [0.15, 0.2) is 12.1 Å². The van der Waals surface area contributed by atoms with Crippen LogP contribution in [0.1, 0.15) is 43.9 Å². The Morgan fingerprint density at radius 2 is 1.88 bits per heavy atom. The maximum absolute atomic E-state index is 13.3. The summed E-state index contributed by atoms with van der Waals surface area (Å²) in [4.78, 5) is 40.9. The van der Waals surface area contributed by atoms with Crippen LogP contribution < -0.4 is 10.6 Å². The van der Waals surface area contributed by atoms with Crippen LogP contribution in [0.2, 0.25) is 0 Å². The van der Waals surface area contributed by atoms with Crippen molar-refractivity contribution >= 4 is 23.4 Å². The van der Waals surface area contributed by atoms with E-state index in [-0.39, 0.29) is 29.8 Å². The second kappa shape index (κ2) is 5.39. The molecule has 26 heavy (non-hydrogen) atoms. The van der Waals surface area contributed by atoms with Gasteiger partial charge in [0.2, 0.25) is 17.7 Å². The van der Waals surface area contributed by atoms with Crippen molar-refractivity contribution in [2.24, 2.45) is 11.8 Å². The number of imide groups is 1. The average molecular weight is 355 g/mol. The number of aryl methyl sites for hydroxylation is 1. The summed E-state index contributed by atoms with van der Waals surface area (Å²) in [6.45, 7) is 9.70. The summed E-state index contributed by atoms with van der Waals surface area (Å²) in [6.07, 6.45) is 0.701. The molecule has 3 amide bonds. The van der Waals surface area contributed by atoms with Crippen molar-refractivity contribution in [3.8, 4) is 0 Å². The predicted molar refractivity (Wildman–Crippen MR) is 97.4 cm³/mol. The molecule has 2 saturated heterocycles. The Labute approximate surface area is 153 Å². The minimum Gasteiger partial charge on any atom is -0.324 e. The number of carbonyl (C=O) groups is 3. The maximum atomic E-state index is 13.3. The summed E-state index contributed by atoms with van der Waals surface area (Å²) in [6, 6.07) is 3.49. The van der Waals surface area contributed by atoms with Gasteiger partial charge in [0, 0.05) is 23.3 Å². The first-order chi connectivity index (χ1) is 12.3. The van der Waals surface area contributed by atoms with Gasteiger partial charge in [-0.1, -0.05) is 19.1 Å². The van der Waals surface area contributed by atoms with E-state index in [0.717, 1.165) is 22.4 Å². The average Bonchev–Trinajstić information content (AvgIpc) is 3.16. The lowest BCUT2D eigenvalue weighted by molar-refractivity contribution is -0.145. The number of fused-ring (bicyclic) bond motifs is 4. The normalized spacial score (nSPS) is 33.7. The fourth-order valence-corrected chi connectivity index (χ4v) is 4.92. The minimum absolute atomic E-state index is 0.156. The Bertz CT molecular complexity index is 849. The first-order valence-electron chi connectivity index (χ1n) is 9.32. The smallest absolute Gasteiger partial charge is 0.250 e. The zero-order chi connectivity index (χ0) is 19.0. The zero-order valence-electron chi connectivity index (χ0n) is 15.8. The number of carbonyl (C=O) groups excluding carboxylic acids is 3. The largest absolute Gasteiger partial charge is 0.324 e. The van der Waals surface area contributed by atoms with Crippen LogP contribution >= 0.6 is 0 Å². The Balaban J connectivity index is 1.90. The number of hydrogen-bond donors (Lipinski definition) is 2. The van der Waals surface area contributed by atoms with Crippen molar-refractivity contribution in [3.63, 3.8) is 0 Å². The third kappa shape index (κ3) is 1.83. The number of likely N-dealkylation sites (tertiary alicyclic amines) is 1. The molecule has 1 aromatic rings. The number of nitrogens with zero attached hydrogens (tertiary/aromatic N) is 1. The highest BCUT2D eigenvalue weighted by Gasteiger charge is 2.70. The van der Waals surface area contributed by atoms with Crippen molar-refractivity contribution < 1.29 is 14.4 Å². The summed E-state index contributed by atoms with van der Waals surface area (Å²) in [7, 11) is 0. The molecule has 0 radical (unpaired) electrons. The van der Waals surface area contributed by atoms with Crippen LogP contribution in [0.25, 0.3) is 0 Å². The lowest BCUT2D eigenvalue weighted by Crippen LogP contribution is -2.53. The van der Waals surface area contributed by atoms with Gasteiger partial charge in [0.15, 0.2) is 0 Å². The third-order valence-electron chi connectivity index (χ3n) is 6.63. The molecule has 3 aliphatic heterocycles. The second-order valence-corrected chi connectivity index (χ2v) is 7.93. The molecule has 1 spiro atoms. The van der Waals surface area contributed by atoms with E-state index in [4.69, 9.17) is 0 Å². The second-order valence-electron chi connectivity index (χ2n) is 7.93. The number of hydrogen-bond acceptors (Lipinski definition) is 4. The number of benzene rings is 1. The van der Waals surface area contributed by atoms with Gasteiger partial charge in [-0.15, -0.1) is 0 Å². The Kier molecular flexibility index (Phi) is 3.57. The van der Waals surface area contributed by atoms with Crippen LogP contribution in [0.3, 0.4) is 0 Å². The Morgan fingerprint density at radius 3 is 2.54 bits per heavy atom. The molecule has 2 fully saturated rings. The van der Waals surface area contributed by atoms with Gasteiger partial charge < -0.3 is 5.32 Å². The molecule has 4 rings (SSSR count). The minimum atomic E-state index is -1.16. The highest BCUT2D eigenvalue weighted by atomic mass is 16.2. The van der Waals surface area contributed by atoms with Gasteiger partial charge >= 0.3 is 0 Å². The topological polar surface area (TPSA) is 78.5 Å². The summed E-state index contributed by atoms with van der Waals surface area (Å²) in [5, 5.41) is 6.32. The molecular weight excluding hydrogens is 330 g/mol. The highest BCUT2D eigenvalue weighted by Crippen LogP contribution is 2.53. The van der Waals surface area contributed by atoms with Crippen molar-refractivity contribution in [2.45, 2.75) is 58.7 Å². The van der Waals surface area contributed by atoms with Gasteiger partial charge in [0.05, 0.1) is 11.8 Å². The third-order valence-corrected chi connectivity index (χ3v) is 6.63. The first kappa shape index (κ1) is 17.2. The number of anilines is 1. The molecule has 0 unspecified atom stereocenters. The van der Waals surface area contributed by atoms with Crippen molar-refractivity contribution in [3.05, 3.63) is 28.8 Å². The first-order valence-corrected chi connectivity index (χ1v) is 9.32. The van der Waals surface area contributed by atoms with E-state index in [9.17, 15) is 14.4 Å². The van der Waals surface area contributed by atoms with E-state index in [0.29, 0.717) is 6.42 Å². The molecule has 0 aliphatic carbocycles. The standard InChI is InChI=1S/C20H25N3O3/c1-6-10(3)23-17(24)14-12(5)22-20(15(14)18(23)25)13-8-7-9(2)11(4)16(13)21-19(20)26/h7-8,10,12,14-15,22H,6H2,1-5H3,(H,21,26)/t10-,12-,14+,15+,20+/m0/s1. The van der Waals surface area contributed by atoms with E-state index >= 15 is 0 Å². The van der Waals surface area contributed by atoms with Gasteiger partial charge in [0.25, 0.3) is 0 Å². The molecular formula is C20H25N3O3. The van der Waals surface area contributed by atoms with Gasteiger partial charge in [-0.05, 0) is 45.2 Å². The number of nitrogens with one attached hydrogen (secondary N) is 2. The van der Waals surface area contributed by atoms with Crippen LogP contribution in [0.5, 0.6) is 0 Å². The molecule has 138 valence electrons. The van der Waals surface area contributed by atoms with Gasteiger partial charge in [-0.2, -0.15) is 0 Å². The summed E-state index contributed by atoms with van der Waals surface area (Å²) in [5.41, 5.74) is 2.49. The van der Waals surface area contributed by atoms with Crippen LogP contribution in [0.4, 0.5) is 5.69 Å². The molecule has 5 atom stereocenters. The Morgan fingerprint density at radius 1 is 1.19 bits per heavy atom. The van der Waals surface area contributed by atoms with Crippen molar-refractivity contribution in [1.82, 2.24) is 10.2 Å². The van der Waals surface area contributed by atoms with Gasteiger partial charge in [-0.25, -0.2) is 0 Å². The zero-order valence-corrected chi connectivity index (χ0v) is 15.8. The van der Waals surface area contributed by atoms with Crippen molar-refractivity contribution in [1.29, 1.82) is 0 Å². The molecule has 1 aromatic carbocycles. The van der Waals surface area contributed by atoms with Crippen LogP contribution in [-0.2, 0) is 19.9 Å². The van der Waals surface area contributed by atoms with Crippen LogP contribution in [-0.4, -0.2) is 34.7 Å². The van der Waals surface area contributed by atoms with Crippen LogP contribution in [0, 0.1) is 25.7 Å². The fourth-order valence-electron chi connectivity index (χ4n) is 4.92. The number of rotatable bonds is 2. The van der Waals surface area contributed by atoms with E-state index in [1.807, 2.05) is 46.8 Å². The lowest BCUT2D eigenvalue weighted by atomic mass is 9.76. The molecule has 0 saturated carbocycles. The SMILES string of the molecule is CC[C@H](C)N1C(=O)[C@@H]2[C@H](C)N[C@@]3(C(=O)Nc4c3ccc(C)c4C)[C@H]2C1=O. The predicted octanol–water partition coefficient (Wildman–Crippen LogP) is 1.84. The van der Waals surface area contributed by atoms with Gasteiger partial charge in [-0.3, -0.25) is 24.6 Å². The van der Waals surface area contributed by atoms with E-state index in [1.165, 1.54) is 4.90 Å². The quantitative estimate of drug-likeness (QED) is 0.794. The highest BCUT2D eigenvalue weighted by molar-refractivity contribution is 6.15. The summed E-state index contributed by atoms with van der Waals surface area (Å²) in [5.74, 6) is -1.81. The monoisotopic (exact) mass is 355 g/mol. The fraction of sp³-hybridized carbons (Fsp3) is 0.550. The Hall–Kier alpha value is -2.21. The van der Waals surface area contributed by atoms with E-state index in [2.05, 4.69) is 10.6 Å². The lowest BCUT2D eigenvalue weighted by Gasteiger charge is -2.30. The molecule has 3 heterocycles. The van der Waals surface area contributed by atoms with Crippen molar-refractivity contribution in [2.75, 3.05) is 5.32 Å². The summed E-state index contributed by atoms with van der Waals surface area (Å²) >= 11 is 0. The molecule has 0 bridgehead atoms. The molecule has 3 aliphatic rings.